The van der Waals surface area contributed by atoms with Crippen molar-refractivity contribution in [2.45, 2.75) is 26.2 Å². The molecule has 94 valence electrons. The third-order valence-electron chi connectivity index (χ3n) is 2.67. The molecule has 2 aromatic rings. The second-order valence-electron chi connectivity index (χ2n) is 5.15. The second kappa shape index (κ2) is 4.94. The minimum atomic E-state index is 0.155. The minimum absolute atomic E-state index is 0.155. The largest absolute Gasteiger partial charge is 0.338 e. The van der Waals surface area contributed by atoms with Crippen LogP contribution in [0, 0.1) is 0 Å². The Morgan fingerprint density at radius 2 is 1.61 bits per heavy atom. The van der Waals surface area contributed by atoms with E-state index in [0.29, 0.717) is 11.0 Å². The number of nitrogens with one attached hydrogen (secondary N) is 1. The van der Waals surface area contributed by atoms with Crippen molar-refractivity contribution >= 4 is 23.1 Å². The van der Waals surface area contributed by atoms with Gasteiger partial charge in [-0.1, -0.05) is 44.5 Å². The summed E-state index contributed by atoms with van der Waals surface area (Å²) in [6.45, 7) is 6.57. The summed E-state index contributed by atoms with van der Waals surface area (Å²) in [7, 11) is 0. The molecule has 1 heterocycles. The summed E-state index contributed by atoms with van der Waals surface area (Å²) >= 11 is 5.94. The summed E-state index contributed by atoms with van der Waals surface area (Å²) in [4.78, 5) is 8.11. The van der Waals surface area contributed by atoms with Crippen LogP contribution in [0.3, 0.4) is 0 Å². The summed E-state index contributed by atoms with van der Waals surface area (Å²) in [5.41, 5.74) is 2.40. The van der Waals surface area contributed by atoms with Crippen molar-refractivity contribution < 1.29 is 0 Å². The third-order valence-corrected chi connectivity index (χ3v) is 2.94. The average molecular weight is 262 g/mol. The molecular weight excluding hydrogens is 246 g/mol. The Kier molecular flexibility index (Phi) is 3.53. The van der Waals surface area contributed by atoms with Crippen molar-refractivity contribution in [3.05, 3.63) is 47.4 Å². The lowest BCUT2D eigenvalue weighted by molar-refractivity contribution is 0.590. The highest BCUT2D eigenvalue weighted by atomic mass is 35.5. The highest BCUT2D eigenvalue weighted by Gasteiger charge is 2.13. The molecule has 4 heteroatoms. The molecule has 1 N–H and O–H groups in total. The molecule has 0 aliphatic rings. The van der Waals surface area contributed by atoms with Crippen LogP contribution in [-0.4, -0.2) is 9.97 Å². The highest BCUT2D eigenvalue weighted by Crippen LogP contribution is 2.25. The van der Waals surface area contributed by atoms with Gasteiger partial charge in [0.2, 0.25) is 0 Å². The fourth-order valence-corrected chi connectivity index (χ4v) is 1.75. The Balaban J connectivity index is 2.19. The van der Waals surface area contributed by atoms with E-state index in [1.807, 2.05) is 12.1 Å². The third kappa shape index (κ3) is 2.99. The summed E-state index contributed by atoms with van der Waals surface area (Å²) in [5, 5.41) is 3.52. The van der Waals surface area contributed by atoms with E-state index in [1.54, 1.807) is 12.4 Å². The molecule has 0 aliphatic heterocycles. The fourth-order valence-electron chi connectivity index (χ4n) is 1.60. The van der Waals surface area contributed by atoms with Gasteiger partial charge in [-0.3, -0.25) is 0 Å². The molecule has 1 aromatic carbocycles. The second-order valence-corrected chi connectivity index (χ2v) is 5.51. The van der Waals surface area contributed by atoms with Crippen molar-refractivity contribution in [1.82, 2.24) is 9.97 Å². The van der Waals surface area contributed by atoms with E-state index >= 15 is 0 Å². The van der Waals surface area contributed by atoms with Gasteiger partial charge in [0.05, 0.1) is 0 Å². The molecule has 0 saturated carbocycles. The van der Waals surface area contributed by atoms with Gasteiger partial charge in [-0.2, -0.15) is 0 Å². The molecule has 2 rings (SSSR count). The Hall–Kier alpha value is -1.61. The average Bonchev–Trinajstić information content (AvgIpc) is 2.32. The molecule has 3 nitrogen and oxygen atoms in total. The van der Waals surface area contributed by atoms with Crippen LogP contribution in [0.4, 0.5) is 11.5 Å². The Labute approximate surface area is 112 Å². The lowest BCUT2D eigenvalue weighted by Crippen LogP contribution is -2.10. The number of hydrogen-bond acceptors (Lipinski definition) is 3. The van der Waals surface area contributed by atoms with Gasteiger partial charge < -0.3 is 5.32 Å². The first-order valence-corrected chi connectivity index (χ1v) is 6.19. The van der Waals surface area contributed by atoms with Crippen LogP contribution in [0.2, 0.25) is 5.15 Å². The van der Waals surface area contributed by atoms with Crippen molar-refractivity contribution in [3.8, 4) is 0 Å². The van der Waals surface area contributed by atoms with Crippen LogP contribution in [0.15, 0.2) is 36.7 Å². The molecule has 18 heavy (non-hydrogen) atoms. The summed E-state index contributed by atoms with van der Waals surface area (Å²) in [6, 6.07) is 8.25. The number of hydrogen-bond donors (Lipinski definition) is 1. The van der Waals surface area contributed by atoms with E-state index in [0.717, 1.165) is 5.69 Å². The molecule has 0 aliphatic carbocycles. The normalized spacial score (nSPS) is 11.3. The van der Waals surface area contributed by atoms with Gasteiger partial charge in [0.1, 0.15) is 0 Å². The first kappa shape index (κ1) is 12.8. The molecule has 1 aromatic heterocycles. The number of aromatic nitrogens is 2. The maximum absolute atomic E-state index is 5.94. The van der Waals surface area contributed by atoms with Crippen LogP contribution >= 0.6 is 11.6 Å². The van der Waals surface area contributed by atoms with Gasteiger partial charge in [0.15, 0.2) is 11.0 Å². The van der Waals surface area contributed by atoms with Gasteiger partial charge in [0.25, 0.3) is 0 Å². The predicted octanol–water partition coefficient (Wildman–Crippen LogP) is 4.17. The van der Waals surface area contributed by atoms with Crippen LogP contribution in [0.1, 0.15) is 26.3 Å². The number of anilines is 2. The zero-order valence-electron chi connectivity index (χ0n) is 10.7. The summed E-state index contributed by atoms with van der Waals surface area (Å²) < 4.78 is 0. The summed E-state index contributed by atoms with van der Waals surface area (Å²) in [5.74, 6) is 0.572. The maximum atomic E-state index is 5.94. The molecular formula is C14H16ClN3. The standard InChI is InChI=1S/C14H16ClN3/c1-14(2,3)10-4-6-11(7-5-10)18-13-12(15)16-8-9-17-13/h4-9H,1-3H3,(H,17,18). The lowest BCUT2D eigenvalue weighted by atomic mass is 9.87. The van der Waals surface area contributed by atoms with Crippen molar-refractivity contribution in [1.29, 1.82) is 0 Å². The van der Waals surface area contributed by atoms with Crippen LogP contribution in [-0.2, 0) is 5.41 Å². The quantitative estimate of drug-likeness (QED) is 0.882. The van der Waals surface area contributed by atoms with Gasteiger partial charge in [-0.05, 0) is 23.1 Å². The maximum Gasteiger partial charge on any atom is 0.171 e. The van der Waals surface area contributed by atoms with Gasteiger partial charge in [0, 0.05) is 18.1 Å². The van der Waals surface area contributed by atoms with Gasteiger partial charge in [-0.15, -0.1) is 0 Å². The van der Waals surface area contributed by atoms with E-state index in [1.165, 1.54) is 5.56 Å². The Morgan fingerprint density at radius 1 is 1.00 bits per heavy atom. The number of benzene rings is 1. The Bertz CT molecular complexity index is 529. The van der Waals surface area contributed by atoms with E-state index in [2.05, 4.69) is 48.2 Å². The van der Waals surface area contributed by atoms with E-state index in [4.69, 9.17) is 11.6 Å². The molecule has 0 amide bonds. The number of rotatable bonds is 2. The Morgan fingerprint density at radius 3 is 2.17 bits per heavy atom. The van der Waals surface area contributed by atoms with Crippen molar-refractivity contribution in [2.24, 2.45) is 0 Å². The van der Waals surface area contributed by atoms with Crippen LogP contribution in [0.25, 0.3) is 0 Å². The number of halogens is 1. The first-order valence-electron chi connectivity index (χ1n) is 5.81. The zero-order valence-corrected chi connectivity index (χ0v) is 11.5. The predicted molar refractivity (Wildman–Crippen MR) is 75.5 cm³/mol. The van der Waals surface area contributed by atoms with Crippen LogP contribution < -0.4 is 5.32 Å². The fraction of sp³-hybridized carbons (Fsp3) is 0.286. The van der Waals surface area contributed by atoms with Gasteiger partial charge >= 0.3 is 0 Å². The number of nitrogens with zero attached hydrogens (tertiary/aromatic N) is 2. The molecule has 0 fully saturated rings. The molecule has 0 radical (unpaired) electrons. The smallest absolute Gasteiger partial charge is 0.171 e. The molecule has 0 atom stereocenters. The van der Waals surface area contributed by atoms with Crippen molar-refractivity contribution in [3.63, 3.8) is 0 Å². The first-order chi connectivity index (χ1) is 8.47. The topological polar surface area (TPSA) is 37.8 Å². The molecule has 0 bridgehead atoms. The molecule has 0 unspecified atom stereocenters. The SMILES string of the molecule is CC(C)(C)c1ccc(Nc2nccnc2Cl)cc1. The van der Waals surface area contributed by atoms with E-state index < -0.39 is 0 Å². The molecule has 0 spiro atoms. The van der Waals surface area contributed by atoms with E-state index in [9.17, 15) is 0 Å². The monoisotopic (exact) mass is 261 g/mol. The lowest BCUT2D eigenvalue weighted by Gasteiger charge is -2.19. The highest BCUT2D eigenvalue weighted by molar-refractivity contribution is 6.31. The van der Waals surface area contributed by atoms with Crippen molar-refractivity contribution in [2.75, 3.05) is 5.32 Å². The van der Waals surface area contributed by atoms with E-state index in [-0.39, 0.29) is 5.41 Å². The summed E-state index contributed by atoms with van der Waals surface area (Å²) in [6.07, 6.45) is 3.17. The van der Waals surface area contributed by atoms with Crippen LogP contribution in [0.5, 0.6) is 0 Å². The minimum Gasteiger partial charge on any atom is -0.338 e. The van der Waals surface area contributed by atoms with Gasteiger partial charge in [-0.25, -0.2) is 9.97 Å². The molecule has 0 saturated heterocycles. The zero-order chi connectivity index (χ0) is 13.2.